The van der Waals surface area contributed by atoms with E-state index in [4.69, 9.17) is 4.74 Å². The molecule has 0 aliphatic carbocycles. The van der Waals surface area contributed by atoms with E-state index in [2.05, 4.69) is 10.2 Å². The average molecular weight is 347 g/mol. The molecule has 1 fully saturated rings. The van der Waals surface area contributed by atoms with Gasteiger partial charge in [0.25, 0.3) is 0 Å². The predicted octanol–water partition coefficient (Wildman–Crippen LogP) is 1.51. The summed E-state index contributed by atoms with van der Waals surface area (Å²) in [7, 11) is 0. The Morgan fingerprint density at radius 3 is 2.44 bits per heavy atom. The van der Waals surface area contributed by atoms with Gasteiger partial charge in [0, 0.05) is 38.6 Å². The molecule has 0 atom stereocenters. The second-order valence-corrected chi connectivity index (χ2v) is 6.64. The first-order chi connectivity index (χ1) is 12.0. The van der Waals surface area contributed by atoms with Gasteiger partial charge in [-0.2, -0.15) is 0 Å². The molecule has 0 spiro atoms. The van der Waals surface area contributed by atoms with Crippen molar-refractivity contribution in [2.75, 3.05) is 39.3 Å². The van der Waals surface area contributed by atoms with Crippen molar-refractivity contribution in [3.8, 4) is 5.75 Å². The number of rotatable bonds is 8. The zero-order valence-corrected chi connectivity index (χ0v) is 15.2. The van der Waals surface area contributed by atoms with E-state index in [0.717, 1.165) is 18.8 Å². The number of amides is 2. The van der Waals surface area contributed by atoms with Crippen LogP contribution in [0.15, 0.2) is 30.3 Å². The Bertz CT molecular complexity index is 540. The van der Waals surface area contributed by atoms with Crippen molar-refractivity contribution >= 4 is 11.8 Å². The summed E-state index contributed by atoms with van der Waals surface area (Å²) in [5.74, 6) is 1.05. The molecule has 2 amide bonds. The molecule has 1 heterocycles. The fourth-order valence-corrected chi connectivity index (χ4v) is 2.81. The number of hydrogen-bond donors (Lipinski definition) is 1. The molecule has 6 nitrogen and oxygen atoms in total. The minimum Gasteiger partial charge on any atom is -0.494 e. The van der Waals surface area contributed by atoms with Crippen molar-refractivity contribution < 1.29 is 14.3 Å². The molecule has 0 aromatic heterocycles. The summed E-state index contributed by atoms with van der Waals surface area (Å²) < 4.78 is 5.61. The number of hydrogen-bond acceptors (Lipinski definition) is 4. The molecule has 0 unspecified atom stereocenters. The van der Waals surface area contributed by atoms with E-state index < -0.39 is 0 Å². The van der Waals surface area contributed by atoms with Crippen LogP contribution in [-0.4, -0.2) is 67.0 Å². The number of nitrogens with zero attached hydrogens (tertiary/aromatic N) is 2. The molecule has 1 aliphatic rings. The van der Waals surface area contributed by atoms with E-state index in [1.807, 2.05) is 49.1 Å². The lowest BCUT2D eigenvalue weighted by Crippen LogP contribution is -2.51. The highest BCUT2D eigenvalue weighted by molar-refractivity contribution is 5.78. The molecular weight excluding hydrogens is 318 g/mol. The van der Waals surface area contributed by atoms with Gasteiger partial charge in [-0.1, -0.05) is 18.2 Å². The molecular formula is C19H29N3O3. The Hall–Kier alpha value is -2.08. The number of benzene rings is 1. The maximum absolute atomic E-state index is 12.3. The molecule has 6 heteroatoms. The van der Waals surface area contributed by atoms with E-state index in [-0.39, 0.29) is 17.9 Å². The highest BCUT2D eigenvalue weighted by atomic mass is 16.5. The van der Waals surface area contributed by atoms with Gasteiger partial charge < -0.3 is 15.0 Å². The van der Waals surface area contributed by atoms with Crippen LogP contribution in [0.2, 0.25) is 0 Å². The Kier molecular flexibility index (Phi) is 7.73. The van der Waals surface area contributed by atoms with E-state index in [9.17, 15) is 9.59 Å². The SMILES string of the molecule is CC(C)NC(=O)CN1CCN(C(=O)CCCOc2ccccc2)CC1. The molecule has 2 rings (SSSR count). The quantitative estimate of drug-likeness (QED) is 0.724. The van der Waals surface area contributed by atoms with Crippen molar-refractivity contribution in [3.05, 3.63) is 30.3 Å². The topological polar surface area (TPSA) is 61.9 Å². The van der Waals surface area contributed by atoms with Gasteiger partial charge in [0.05, 0.1) is 13.2 Å². The maximum atomic E-state index is 12.3. The Morgan fingerprint density at radius 2 is 1.80 bits per heavy atom. The fraction of sp³-hybridized carbons (Fsp3) is 0.579. The van der Waals surface area contributed by atoms with E-state index >= 15 is 0 Å². The summed E-state index contributed by atoms with van der Waals surface area (Å²) in [5, 5.41) is 2.90. The van der Waals surface area contributed by atoms with Crippen molar-refractivity contribution in [1.29, 1.82) is 0 Å². The predicted molar refractivity (Wildman–Crippen MR) is 97.5 cm³/mol. The summed E-state index contributed by atoms with van der Waals surface area (Å²) in [5.41, 5.74) is 0. The first-order valence-corrected chi connectivity index (χ1v) is 9.02. The smallest absolute Gasteiger partial charge is 0.234 e. The monoisotopic (exact) mass is 347 g/mol. The lowest BCUT2D eigenvalue weighted by molar-refractivity contribution is -0.133. The summed E-state index contributed by atoms with van der Waals surface area (Å²) in [4.78, 5) is 28.0. The molecule has 1 saturated heterocycles. The molecule has 1 aromatic rings. The lowest BCUT2D eigenvalue weighted by Gasteiger charge is -2.34. The highest BCUT2D eigenvalue weighted by Crippen LogP contribution is 2.10. The average Bonchev–Trinajstić information content (AvgIpc) is 2.59. The first kappa shape index (κ1) is 19.2. The molecule has 138 valence electrons. The largest absolute Gasteiger partial charge is 0.494 e. The number of carbonyl (C=O) groups excluding carboxylic acids is 2. The Balaban J connectivity index is 1.60. The molecule has 0 bridgehead atoms. The second kappa shape index (κ2) is 10.0. The summed E-state index contributed by atoms with van der Waals surface area (Å²) in [6, 6.07) is 9.80. The number of nitrogens with one attached hydrogen (secondary N) is 1. The van der Waals surface area contributed by atoms with Gasteiger partial charge in [-0.25, -0.2) is 0 Å². The summed E-state index contributed by atoms with van der Waals surface area (Å²) in [6.45, 7) is 7.73. The van der Waals surface area contributed by atoms with E-state index in [0.29, 0.717) is 39.1 Å². The van der Waals surface area contributed by atoms with Crippen LogP contribution < -0.4 is 10.1 Å². The van der Waals surface area contributed by atoms with Crippen LogP contribution in [0.5, 0.6) is 5.75 Å². The molecule has 25 heavy (non-hydrogen) atoms. The second-order valence-electron chi connectivity index (χ2n) is 6.64. The summed E-state index contributed by atoms with van der Waals surface area (Å²) >= 11 is 0. The number of para-hydroxylation sites is 1. The lowest BCUT2D eigenvalue weighted by atomic mass is 10.2. The van der Waals surface area contributed by atoms with E-state index in [1.165, 1.54) is 0 Å². The van der Waals surface area contributed by atoms with Gasteiger partial charge >= 0.3 is 0 Å². The first-order valence-electron chi connectivity index (χ1n) is 9.02. The number of carbonyl (C=O) groups is 2. The van der Waals surface area contributed by atoms with Crippen molar-refractivity contribution in [1.82, 2.24) is 15.1 Å². The van der Waals surface area contributed by atoms with Crippen LogP contribution in [0.3, 0.4) is 0 Å². The third-order valence-electron chi connectivity index (χ3n) is 4.09. The van der Waals surface area contributed by atoms with Crippen LogP contribution >= 0.6 is 0 Å². The molecule has 1 aromatic carbocycles. The van der Waals surface area contributed by atoms with Crippen molar-refractivity contribution in [2.24, 2.45) is 0 Å². The van der Waals surface area contributed by atoms with Crippen LogP contribution in [0.4, 0.5) is 0 Å². The van der Waals surface area contributed by atoms with Gasteiger partial charge in [0.2, 0.25) is 11.8 Å². The Labute approximate surface area is 150 Å². The molecule has 1 aliphatic heterocycles. The van der Waals surface area contributed by atoms with Gasteiger partial charge in [-0.3, -0.25) is 14.5 Å². The zero-order chi connectivity index (χ0) is 18.1. The highest BCUT2D eigenvalue weighted by Gasteiger charge is 2.22. The van der Waals surface area contributed by atoms with Crippen molar-refractivity contribution in [2.45, 2.75) is 32.7 Å². The number of ether oxygens (including phenoxy) is 1. The van der Waals surface area contributed by atoms with Gasteiger partial charge in [-0.05, 0) is 32.4 Å². The molecule has 1 N–H and O–H groups in total. The van der Waals surface area contributed by atoms with Crippen LogP contribution in [0, 0.1) is 0 Å². The van der Waals surface area contributed by atoms with Crippen LogP contribution in [0.25, 0.3) is 0 Å². The minimum atomic E-state index is 0.0489. The fourth-order valence-electron chi connectivity index (χ4n) is 2.81. The molecule has 0 radical (unpaired) electrons. The zero-order valence-electron chi connectivity index (χ0n) is 15.2. The van der Waals surface area contributed by atoms with Crippen LogP contribution in [-0.2, 0) is 9.59 Å². The Morgan fingerprint density at radius 1 is 1.12 bits per heavy atom. The maximum Gasteiger partial charge on any atom is 0.234 e. The van der Waals surface area contributed by atoms with Gasteiger partial charge in [0.15, 0.2) is 0 Å². The third-order valence-corrected chi connectivity index (χ3v) is 4.09. The summed E-state index contributed by atoms with van der Waals surface area (Å²) in [6.07, 6.45) is 1.21. The minimum absolute atomic E-state index is 0.0489. The van der Waals surface area contributed by atoms with Crippen LogP contribution in [0.1, 0.15) is 26.7 Å². The number of piperazine rings is 1. The third kappa shape index (κ3) is 7.13. The normalized spacial score (nSPS) is 15.2. The molecule has 0 saturated carbocycles. The van der Waals surface area contributed by atoms with Gasteiger partial charge in [-0.15, -0.1) is 0 Å². The van der Waals surface area contributed by atoms with E-state index in [1.54, 1.807) is 0 Å². The van der Waals surface area contributed by atoms with Gasteiger partial charge in [0.1, 0.15) is 5.75 Å². The van der Waals surface area contributed by atoms with Crippen molar-refractivity contribution in [3.63, 3.8) is 0 Å². The standard InChI is InChI=1S/C19H29N3O3/c1-16(2)20-18(23)15-21-10-12-22(13-11-21)19(24)9-6-14-25-17-7-4-3-5-8-17/h3-5,7-8,16H,6,9-15H2,1-2H3,(H,20,23).